The number of H-pyrrole nitrogens is 1. The van der Waals surface area contributed by atoms with Gasteiger partial charge in [-0.3, -0.25) is 10.1 Å². The zero-order valence-corrected chi connectivity index (χ0v) is 15.5. The first-order chi connectivity index (χ1) is 12.2. The molecule has 6 heteroatoms. The first-order valence-electron chi connectivity index (χ1n) is 9.14. The molecule has 1 atom stereocenters. The first-order valence-corrected chi connectivity index (χ1v) is 9.14. The fourth-order valence-electron chi connectivity index (χ4n) is 2.74. The Hall–Kier alpha value is -2.37. The van der Waals surface area contributed by atoms with Crippen LogP contribution in [-0.4, -0.2) is 34.2 Å². The first kappa shape index (κ1) is 19.0. The third-order valence-electron chi connectivity index (χ3n) is 4.17. The van der Waals surface area contributed by atoms with Gasteiger partial charge >= 0.3 is 0 Å². The molecule has 0 aliphatic heterocycles. The molecule has 1 aromatic carbocycles. The summed E-state index contributed by atoms with van der Waals surface area (Å²) >= 11 is 0. The molecule has 2 aromatic rings. The van der Waals surface area contributed by atoms with Crippen LogP contribution in [0.4, 0.5) is 0 Å². The van der Waals surface area contributed by atoms with Crippen molar-refractivity contribution in [3.8, 4) is 11.4 Å². The van der Waals surface area contributed by atoms with Gasteiger partial charge in [0.25, 0.3) is 0 Å². The summed E-state index contributed by atoms with van der Waals surface area (Å²) in [5, 5.41) is 13.6. The fourth-order valence-corrected chi connectivity index (χ4v) is 2.74. The zero-order valence-electron chi connectivity index (χ0n) is 15.5. The number of aromatic amines is 1. The smallest absolute Gasteiger partial charge is 0.191 e. The van der Waals surface area contributed by atoms with E-state index in [0.29, 0.717) is 12.6 Å². The van der Waals surface area contributed by atoms with Crippen LogP contribution in [0.3, 0.4) is 0 Å². The lowest BCUT2D eigenvalue weighted by atomic mass is 10.1. The van der Waals surface area contributed by atoms with Crippen LogP contribution in [0.25, 0.3) is 11.4 Å². The number of hydrogen-bond donors (Lipinski definition) is 3. The second kappa shape index (κ2) is 10.5. The Balaban J connectivity index is 1.81. The number of aliphatic imine (C=N–C) groups is 1. The molecule has 0 saturated carbocycles. The number of nitrogens with zero attached hydrogens (tertiary/aromatic N) is 3. The average Bonchev–Trinajstić information content (AvgIpc) is 3.17. The third kappa shape index (κ3) is 6.57. The molecule has 1 heterocycles. The predicted molar refractivity (Wildman–Crippen MR) is 103 cm³/mol. The van der Waals surface area contributed by atoms with E-state index in [0.717, 1.165) is 17.3 Å². The number of nitrogens with one attached hydrogen (secondary N) is 3. The van der Waals surface area contributed by atoms with Gasteiger partial charge in [0.2, 0.25) is 0 Å². The summed E-state index contributed by atoms with van der Waals surface area (Å²) in [7, 11) is 1.81. The molecular weight excluding hydrogens is 312 g/mol. The van der Waals surface area contributed by atoms with E-state index in [2.05, 4.69) is 56.8 Å². The Bertz CT molecular complexity index is 635. The van der Waals surface area contributed by atoms with Gasteiger partial charge in [-0.1, -0.05) is 50.8 Å². The van der Waals surface area contributed by atoms with Gasteiger partial charge in [0.15, 0.2) is 11.8 Å². The van der Waals surface area contributed by atoms with Gasteiger partial charge in [-0.2, -0.15) is 5.10 Å². The van der Waals surface area contributed by atoms with Crippen molar-refractivity contribution < 1.29 is 0 Å². The molecule has 136 valence electrons. The standard InChI is InChI=1S/C19H30N6/c1-4-5-6-7-9-15(2)24-19(20-3)21-13-16-10-8-11-17(12-16)18-22-14-23-25-18/h8,10-12,14-15H,4-7,9,13H2,1-3H3,(H2,20,21,24)(H,22,23,25). The van der Waals surface area contributed by atoms with Gasteiger partial charge in [-0.05, 0) is 25.0 Å². The third-order valence-corrected chi connectivity index (χ3v) is 4.17. The maximum Gasteiger partial charge on any atom is 0.191 e. The van der Waals surface area contributed by atoms with Crippen LogP contribution in [-0.2, 0) is 6.54 Å². The molecule has 3 N–H and O–H groups in total. The summed E-state index contributed by atoms with van der Waals surface area (Å²) in [5.74, 6) is 1.62. The van der Waals surface area contributed by atoms with Crippen molar-refractivity contribution in [2.45, 2.75) is 58.5 Å². The Kier molecular flexibility index (Phi) is 7.95. The van der Waals surface area contributed by atoms with E-state index in [1.165, 1.54) is 44.0 Å². The van der Waals surface area contributed by atoms with Gasteiger partial charge in [0, 0.05) is 25.2 Å². The van der Waals surface area contributed by atoms with Crippen LogP contribution in [0, 0.1) is 0 Å². The van der Waals surface area contributed by atoms with Gasteiger partial charge in [0.1, 0.15) is 6.33 Å². The van der Waals surface area contributed by atoms with Crippen LogP contribution < -0.4 is 10.6 Å². The molecule has 0 aliphatic rings. The molecule has 6 nitrogen and oxygen atoms in total. The van der Waals surface area contributed by atoms with Crippen molar-refractivity contribution in [1.82, 2.24) is 25.8 Å². The lowest BCUT2D eigenvalue weighted by molar-refractivity contribution is 0.537. The van der Waals surface area contributed by atoms with Gasteiger partial charge < -0.3 is 10.6 Å². The fraction of sp³-hybridized carbons (Fsp3) is 0.526. The molecule has 0 aliphatic carbocycles. The van der Waals surface area contributed by atoms with Gasteiger partial charge in [-0.25, -0.2) is 4.98 Å². The summed E-state index contributed by atoms with van der Waals surface area (Å²) in [6, 6.07) is 8.67. The molecule has 0 amide bonds. The van der Waals surface area contributed by atoms with E-state index < -0.39 is 0 Å². The lowest BCUT2D eigenvalue weighted by Gasteiger charge is -2.18. The van der Waals surface area contributed by atoms with Gasteiger partial charge in [0.05, 0.1) is 0 Å². The van der Waals surface area contributed by atoms with Crippen molar-refractivity contribution in [3.63, 3.8) is 0 Å². The van der Waals surface area contributed by atoms with Crippen molar-refractivity contribution in [2.75, 3.05) is 7.05 Å². The second-order valence-electron chi connectivity index (χ2n) is 6.35. The molecular formula is C19H30N6. The van der Waals surface area contributed by atoms with E-state index >= 15 is 0 Å². The van der Waals surface area contributed by atoms with Gasteiger partial charge in [-0.15, -0.1) is 0 Å². The van der Waals surface area contributed by atoms with Crippen LogP contribution in [0.15, 0.2) is 35.6 Å². The van der Waals surface area contributed by atoms with E-state index in [4.69, 9.17) is 0 Å². The number of rotatable bonds is 9. The number of unbranched alkanes of at least 4 members (excludes halogenated alkanes) is 3. The molecule has 1 aromatic heterocycles. The Morgan fingerprint density at radius 2 is 2.16 bits per heavy atom. The Morgan fingerprint density at radius 3 is 2.88 bits per heavy atom. The SMILES string of the molecule is CCCCCCC(C)NC(=NC)NCc1cccc(-c2ncn[nH]2)c1. The Morgan fingerprint density at radius 1 is 1.28 bits per heavy atom. The molecule has 0 radical (unpaired) electrons. The van der Waals surface area contributed by atoms with Crippen LogP contribution >= 0.6 is 0 Å². The highest BCUT2D eigenvalue weighted by atomic mass is 15.2. The summed E-state index contributed by atoms with van der Waals surface area (Å²) in [6.45, 7) is 5.17. The van der Waals surface area contributed by atoms with Crippen molar-refractivity contribution in [1.29, 1.82) is 0 Å². The maximum absolute atomic E-state index is 4.33. The van der Waals surface area contributed by atoms with E-state index in [1.807, 2.05) is 19.2 Å². The van der Waals surface area contributed by atoms with Crippen molar-refractivity contribution in [3.05, 3.63) is 36.2 Å². The van der Waals surface area contributed by atoms with Crippen LogP contribution in [0.5, 0.6) is 0 Å². The minimum Gasteiger partial charge on any atom is -0.354 e. The summed E-state index contributed by atoms with van der Waals surface area (Å²) in [5.41, 5.74) is 2.21. The minimum absolute atomic E-state index is 0.420. The van der Waals surface area contributed by atoms with E-state index in [1.54, 1.807) is 0 Å². The molecule has 1 unspecified atom stereocenters. The molecule has 0 spiro atoms. The number of guanidine groups is 1. The lowest BCUT2D eigenvalue weighted by Crippen LogP contribution is -2.41. The largest absolute Gasteiger partial charge is 0.354 e. The summed E-state index contributed by atoms with van der Waals surface area (Å²) in [6.07, 6.45) is 7.86. The highest BCUT2D eigenvalue weighted by Gasteiger charge is 2.06. The maximum atomic E-state index is 4.33. The van der Waals surface area contributed by atoms with Crippen LogP contribution in [0.2, 0.25) is 0 Å². The Labute approximate surface area is 150 Å². The summed E-state index contributed by atoms with van der Waals surface area (Å²) < 4.78 is 0. The van der Waals surface area contributed by atoms with Crippen molar-refractivity contribution in [2.24, 2.45) is 4.99 Å². The molecule has 0 saturated heterocycles. The molecule has 0 bridgehead atoms. The molecule has 25 heavy (non-hydrogen) atoms. The topological polar surface area (TPSA) is 78.0 Å². The van der Waals surface area contributed by atoms with E-state index in [9.17, 15) is 0 Å². The second-order valence-corrected chi connectivity index (χ2v) is 6.35. The predicted octanol–water partition coefficient (Wildman–Crippen LogP) is 3.50. The molecule has 2 rings (SSSR count). The zero-order chi connectivity index (χ0) is 17.9. The summed E-state index contributed by atoms with van der Waals surface area (Å²) in [4.78, 5) is 8.52. The average molecular weight is 342 g/mol. The minimum atomic E-state index is 0.420. The van der Waals surface area contributed by atoms with Crippen molar-refractivity contribution >= 4 is 5.96 Å². The van der Waals surface area contributed by atoms with Crippen LogP contribution in [0.1, 0.15) is 51.5 Å². The number of hydrogen-bond acceptors (Lipinski definition) is 3. The number of benzene rings is 1. The number of aromatic nitrogens is 3. The highest BCUT2D eigenvalue weighted by Crippen LogP contribution is 2.15. The normalized spacial score (nSPS) is 12.8. The molecule has 0 fully saturated rings. The quantitative estimate of drug-likeness (QED) is 0.370. The van der Waals surface area contributed by atoms with E-state index in [-0.39, 0.29) is 0 Å². The monoisotopic (exact) mass is 342 g/mol. The highest BCUT2D eigenvalue weighted by molar-refractivity contribution is 5.79.